The lowest BCUT2D eigenvalue weighted by Crippen LogP contribution is -2.58. The van der Waals surface area contributed by atoms with E-state index in [9.17, 15) is 28.8 Å². The van der Waals surface area contributed by atoms with E-state index in [1.807, 2.05) is 10.6 Å². The molecule has 4 unspecified atom stereocenters. The van der Waals surface area contributed by atoms with Crippen LogP contribution in [0.25, 0.3) is 0 Å². The molecule has 164 valence electrons. The molecular weight excluding hydrogens is 416 g/mol. The molecule has 29 heavy (non-hydrogen) atoms. The van der Waals surface area contributed by atoms with Gasteiger partial charge in [0.25, 0.3) is 0 Å². The van der Waals surface area contributed by atoms with Crippen molar-refractivity contribution in [3.05, 3.63) is 0 Å². The van der Waals surface area contributed by atoms with Gasteiger partial charge in [-0.15, -0.1) is 0 Å². The van der Waals surface area contributed by atoms with Crippen LogP contribution >= 0.6 is 12.6 Å². The van der Waals surface area contributed by atoms with Crippen LogP contribution in [0.1, 0.15) is 12.8 Å². The lowest BCUT2D eigenvalue weighted by molar-refractivity contribution is -0.144. The van der Waals surface area contributed by atoms with E-state index in [-0.39, 0.29) is 5.75 Å². The molecule has 0 bridgehead atoms. The number of carbonyl (C=O) groups excluding carboxylic acids is 3. The zero-order valence-corrected chi connectivity index (χ0v) is 15.8. The summed E-state index contributed by atoms with van der Waals surface area (Å²) in [6.07, 6.45) is -1.68. The Morgan fingerprint density at radius 3 is 1.62 bits per heavy atom. The molecule has 4 atom stereocenters. The normalized spacial score (nSPS) is 14.6. The van der Waals surface area contributed by atoms with Gasteiger partial charge in [-0.05, 0) is 0 Å². The number of aliphatic hydroxyl groups excluding tert-OH is 1. The number of carboxylic acid groups (broad SMARTS) is 3. The Morgan fingerprint density at radius 1 is 0.759 bits per heavy atom. The van der Waals surface area contributed by atoms with E-state index in [0.29, 0.717) is 0 Å². The summed E-state index contributed by atoms with van der Waals surface area (Å²) in [6, 6.07) is -6.34. The summed E-state index contributed by atoms with van der Waals surface area (Å²) < 4.78 is 0. The Kier molecular flexibility index (Phi) is 11.3. The molecule has 0 aromatic carbocycles. The van der Waals surface area contributed by atoms with Crippen molar-refractivity contribution >= 4 is 48.3 Å². The average molecular weight is 438 g/mol. The molecule has 0 aromatic heterocycles. The topological polar surface area (TPSA) is 245 Å². The van der Waals surface area contributed by atoms with Crippen LogP contribution in [0.4, 0.5) is 0 Å². The maximum absolute atomic E-state index is 12.3. The number of carbonyl (C=O) groups is 6. The minimum Gasteiger partial charge on any atom is -0.481 e. The fourth-order valence-electron chi connectivity index (χ4n) is 1.87. The molecule has 0 fully saturated rings. The van der Waals surface area contributed by atoms with E-state index >= 15 is 0 Å². The number of nitrogens with one attached hydrogen (secondary N) is 3. The standard InChI is InChI=1S/C14H22N4O10S/c15-5(1-9(20)21)11(24)16-6(2-10(22)23)12(25)18-8(4-29)13(26)17-7(3-19)14(27)28/h5-8,19,29H,1-4,15H2,(H,16,24)(H,17,26)(H,18,25)(H,20,21)(H,22,23)(H,27,28). The molecule has 0 saturated heterocycles. The van der Waals surface area contributed by atoms with Crippen molar-refractivity contribution in [3.8, 4) is 0 Å². The van der Waals surface area contributed by atoms with Crippen LogP contribution in [-0.4, -0.2) is 92.6 Å². The van der Waals surface area contributed by atoms with Gasteiger partial charge < -0.3 is 42.1 Å². The van der Waals surface area contributed by atoms with E-state index < -0.39 is 79.2 Å². The van der Waals surface area contributed by atoms with Crippen LogP contribution < -0.4 is 21.7 Å². The molecule has 0 rings (SSSR count). The van der Waals surface area contributed by atoms with Crippen molar-refractivity contribution in [1.82, 2.24) is 16.0 Å². The summed E-state index contributed by atoms with van der Waals surface area (Å²) in [7, 11) is 0. The summed E-state index contributed by atoms with van der Waals surface area (Å²) in [5, 5.41) is 41.3. The van der Waals surface area contributed by atoms with E-state index in [2.05, 4.69) is 17.9 Å². The summed E-state index contributed by atoms with van der Waals surface area (Å²) in [4.78, 5) is 68.6. The molecule has 0 heterocycles. The second-order valence-corrected chi connectivity index (χ2v) is 6.05. The van der Waals surface area contributed by atoms with Crippen LogP contribution in [0.3, 0.4) is 0 Å². The molecule has 0 spiro atoms. The zero-order chi connectivity index (χ0) is 22.7. The van der Waals surface area contributed by atoms with E-state index in [1.54, 1.807) is 0 Å². The van der Waals surface area contributed by atoms with Gasteiger partial charge in [0.2, 0.25) is 17.7 Å². The Hall–Kier alpha value is -2.91. The average Bonchev–Trinajstić information content (AvgIpc) is 2.61. The van der Waals surface area contributed by atoms with E-state index in [1.165, 1.54) is 0 Å². The van der Waals surface area contributed by atoms with Crippen LogP contribution in [0.15, 0.2) is 0 Å². The number of aliphatic hydroxyl groups is 1. The monoisotopic (exact) mass is 438 g/mol. The number of hydrogen-bond acceptors (Lipinski definition) is 9. The first-order chi connectivity index (χ1) is 13.4. The minimum atomic E-state index is -1.71. The molecule has 15 heteroatoms. The second kappa shape index (κ2) is 12.5. The zero-order valence-electron chi connectivity index (χ0n) is 14.9. The van der Waals surface area contributed by atoms with Crippen molar-refractivity contribution < 1.29 is 49.2 Å². The van der Waals surface area contributed by atoms with Crippen molar-refractivity contribution in [2.24, 2.45) is 5.73 Å². The Labute approximate surface area is 169 Å². The maximum Gasteiger partial charge on any atom is 0.328 e. The van der Waals surface area contributed by atoms with Crippen molar-refractivity contribution in [1.29, 1.82) is 0 Å². The van der Waals surface area contributed by atoms with Gasteiger partial charge in [-0.1, -0.05) is 0 Å². The second-order valence-electron chi connectivity index (χ2n) is 5.69. The van der Waals surface area contributed by atoms with Gasteiger partial charge in [0, 0.05) is 5.75 Å². The molecule has 3 amide bonds. The highest BCUT2D eigenvalue weighted by atomic mass is 32.1. The summed E-state index contributed by atoms with van der Waals surface area (Å²) in [6.45, 7) is -0.923. The van der Waals surface area contributed by atoms with Gasteiger partial charge in [0.05, 0.1) is 25.5 Å². The fourth-order valence-corrected chi connectivity index (χ4v) is 2.12. The molecule has 0 aromatic rings. The van der Waals surface area contributed by atoms with Crippen molar-refractivity contribution in [3.63, 3.8) is 0 Å². The van der Waals surface area contributed by atoms with E-state index in [4.69, 9.17) is 26.2 Å². The molecule has 14 nitrogen and oxygen atoms in total. The molecule has 0 aliphatic rings. The Bertz CT molecular complexity index is 658. The number of hydrogen-bond donors (Lipinski definition) is 9. The van der Waals surface area contributed by atoms with Gasteiger partial charge in [-0.25, -0.2) is 4.79 Å². The van der Waals surface area contributed by atoms with Gasteiger partial charge in [-0.3, -0.25) is 24.0 Å². The number of amides is 3. The summed E-state index contributed by atoms with van der Waals surface area (Å²) in [5.41, 5.74) is 5.34. The van der Waals surface area contributed by atoms with Gasteiger partial charge in [0.15, 0.2) is 0 Å². The molecule has 0 aliphatic heterocycles. The predicted octanol–water partition coefficient (Wildman–Crippen LogP) is -4.28. The van der Waals surface area contributed by atoms with Crippen LogP contribution in [0.2, 0.25) is 0 Å². The first-order valence-electron chi connectivity index (χ1n) is 7.97. The first kappa shape index (κ1) is 26.1. The highest BCUT2D eigenvalue weighted by molar-refractivity contribution is 7.80. The summed E-state index contributed by atoms with van der Waals surface area (Å²) in [5.74, 6) is -8.01. The number of carboxylic acids is 3. The van der Waals surface area contributed by atoms with Crippen LogP contribution in [-0.2, 0) is 28.8 Å². The summed E-state index contributed by atoms with van der Waals surface area (Å²) >= 11 is 3.84. The van der Waals surface area contributed by atoms with Crippen molar-refractivity contribution in [2.45, 2.75) is 37.0 Å². The molecule has 0 radical (unpaired) electrons. The molecule has 9 N–H and O–H groups in total. The van der Waals surface area contributed by atoms with Crippen molar-refractivity contribution in [2.75, 3.05) is 12.4 Å². The Morgan fingerprint density at radius 2 is 1.21 bits per heavy atom. The quantitative estimate of drug-likeness (QED) is 0.124. The van der Waals surface area contributed by atoms with Gasteiger partial charge in [0.1, 0.15) is 18.1 Å². The van der Waals surface area contributed by atoms with Crippen LogP contribution in [0, 0.1) is 0 Å². The SMILES string of the molecule is NC(CC(=O)O)C(=O)NC(CC(=O)O)C(=O)NC(CS)C(=O)NC(CO)C(=O)O. The number of aliphatic carboxylic acids is 3. The third-order valence-corrected chi connectivity index (χ3v) is 3.72. The largest absolute Gasteiger partial charge is 0.481 e. The minimum absolute atomic E-state index is 0.332. The maximum atomic E-state index is 12.3. The first-order valence-corrected chi connectivity index (χ1v) is 8.60. The highest BCUT2D eigenvalue weighted by Crippen LogP contribution is 1.99. The lowest BCUT2D eigenvalue weighted by atomic mass is 10.1. The lowest BCUT2D eigenvalue weighted by Gasteiger charge is -2.23. The van der Waals surface area contributed by atoms with E-state index in [0.717, 1.165) is 0 Å². The number of rotatable bonds is 13. The third-order valence-electron chi connectivity index (χ3n) is 3.36. The van der Waals surface area contributed by atoms with Crippen LogP contribution in [0.5, 0.6) is 0 Å². The molecular formula is C14H22N4O10S. The van der Waals surface area contributed by atoms with Gasteiger partial charge in [-0.2, -0.15) is 12.6 Å². The predicted molar refractivity (Wildman–Crippen MR) is 96.8 cm³/mol. The number of thiol groups is 1. The fraction of sp³-hybridized carbons (Fsp3) is 0.571. The molecule has 0 aliphatic carbocycles. The molecule has 0 saturated carbocycles. The number of nitrogens with two attached hydrogens (primary N) is 1. The Balaban J connectivity index is 5.20. The smallest absolute Gasteiger partial charge is 0.328 e. The third kappa shape index (κ3) is 9.72. The van der Waals surface area contributed by atoms with Gasteiger partial charge >= 0.3 is 17.9 Å². The highest BCUT2D eigenvalue weighted by Gasteiger charge is 2.31.